The van der Waals surface area contributed by atoms with Crippen molar-refractivity contribution < 1.29 is 9.53 Å². The first kappa shape index (κ1) is 22.7. The van der Waals surface area contributed by atoms with Crippen molar-refractivity contribution in [2.45, 2.75) is 57.7 Å². The number of aliphatic imine (C=N–C) groups is 1. The van der Waals surface area contributed by atoms with Crippen LogP contribution in [0.15, 0.2) is 41.7 Å². The number of carbonyl (C=O) groups is 1. The fourth-order valence-corrected chi connectivity index (χ4v) is 6.29. The lowest BCUT2D eigenvalue weighted by Crippen LogP contribution is -2.55. The van der Waals surface area contributed by atoms with Gasteiger partial charge in [0.2, 0.25) is 5.91 Å². The second kappa shape index (κ2) is 8.31. The van der Waals surface area contributed by atoms with Crippen molar-refractivity contribution in [3.63, 3.8) is 0 Å². The molecule has 1 aromatic heterocycles. The van der Waals surface area contributed by atoms with Crippen LogP contribution in [0, 0.1) is 22.7 Å². The van der Waals surface area contributed by atoms with Gasteiger partial charge in [0.1, 0.15) is 23.5 Å². The van der Waals surface area contributed by atoms with Crippen LogP contribution in [0.5, 0.6) is 5.75 Å². The molecule has 0 bridgehead atoms. The van der Waals surface area contributed by atoms with Crippen LogP contribution >= 0.6 is 11.8 Å². The predicted octanol–water partition coefficient (Wildman–Crippen LogP) is 3.97. The molecular weight excluding hydrogens is 446 g/mol. The number of carbonyl (C=O) groups excluding carboxylic acids is 1. The molecule has 5 rings (SSSR count). The van der Waals surface area contributed by atoms with Gasteiger partial charge >= 0.3 is 0 Å². The van der Waals surface area contributed by atoms with Gasteiger partial charge in [-0.2, -0.15) is 5.26 Å². The zero-order valence-corrected chi connectivity index (χ0v) is 20.5. The van der Waals surface area contributed by atoms with Crippen molar-refractivity contribution in [1.82, 2.24) is 10.3 Å². The van der Waals surface area contributed by atoms with Gasteiger partial charge < -0.3 is 15.8 Å². The SMILES string of the molecule is CC(C)(C)C(=O)NC1CCC2Oc3ccc(-c4cncc(C#N)c4)cc3C3(CSC(N)=N3)C2C1. The van der Waals surface area contributed by atoms with Crippen molar-refractivity contribution in [2.24, 2.45) is 22.1 Å². The Morgan fingerprint density at radius 3 is 2.79 bits per heavy atom. The summed E-state index contributed by atoms with van der Waals surface area (Å²) in [5.41, 5.74) is 8.67. The van der Waals surface area contributed by atoms with Gasteiger partial charge in [-0.15, -0.1) is 0 Å². The minimum atomic E-state index is -0.506. The summed E-state index contributed by atoms with van der Waals surface area (Å²) in [6.45, 7) is 5.81. The molecule has 4 unspecified atom stereocenters. The van der Waals surface area contributed by atoms with Gasteiger partial charge in [0.05, 0.1) is 5.56 Å². The van der Waals surface area contributed by atoms with Crippen LogP contribution in [0.25, 0.3) is 11.1 Å². The lowest BCUT2D eigenvalue weighted by atomic mass is 9.67. The summed E-state index contributed by atoms with van der Waals surface area (Å²) in [4.78, 5) is 21.9. The number of amides is 1. The van der Waals surface area contributed by atoms with Crippen molar-refractivity contribution >= 4 is 22.8 Å². The largest absolute Gasteiger partial charge is 0.490 e. The topological polar surface area (TPSA) is 113 Å². The Morgan fingerprint density at radius 2 is 2.09 bits per heavy atom. The Hall–Kier alpha value is -3.05. The van der Waals surface area contributed by atoms with Crippen molar-refractivity contribution in [3.05, 3.63) is 47.8 Å². The van der Waals surface area contributed by atoms with Crippen LogP contribution in [-0.2, 0) is 10.3 Å². The molecule has 176 valence electrons. The zero-order valence-electron chi connectivity index (χ0n) is 19.7. The summed E-state index contributed by atoms with van der Waals surface area (Å²) >= 11 is 1.58. The predicted molar refractivity (Wildman–Crippen MR) is 133 cm³/mol. The average Bonchev–Trinajstić information content (AvgIpc) is 3.21. The number of aromatic nitrogens is 1. The maximum Gasteiger partial charge on any atom is 0.225 e. The molecule has 0 saturated heterocycles. The van der Waals surface area contributed by atoms with E-state index in [9.17, 15) is 10.1 Å². The van der Waals surface area contributed by atoms with Gasteiger partial charge in [-0.3, -0.25) is 9.78 Å². The second-order valence-electron chi connectivity index (χ2n) is 10.4. The second-order valence-corrected chi connectivity index (χ2v) is 11.4. The van der Waals surface area contributed by atoms with E-state index >= 15 is 0 Å². The number of thioether (sulfide) groups is 1. The Balaban J connectivity index is 1.53. The standard InChI is InChI=1S/C26H29N5O2S/c1-25(2,3)23(32)30-18-5-7-22-20(10-18)26(14-34-24(28)31-26)19-9-16(4-6-21(19)33-22)17-8-15(11-27)12-29-13-17/h4,6,8-9,12-13,18,20,22H,5,7,10,14H2,1-3H3,(H2,28,31)(H,30,32). The minimum absolute atomic E-state index is 0.0278. The monoisotopic (exact) mass is 475 g/mol. The quantitative estimate of drug-likeness (QED) is 0.679. The number of fused-ring (bicyclic) bond motifs is 4. The lowest BCUT2D eigenvalue weighted by Gasteiger charge is -2.49. The maximum absolute atomic E-state index is 12.7. The van der Waals surface area contributed by atoms with E-state index in [4.69, 9.17) is 15.5 Å². The third-order valence-corrected chi connectivity index (χ3v) is 8.06. The molecule has 1 spiro atoms. The lowest BCUT2D eigenvalue weighted by molar-refractivity contribution is -0.130. The molecule has 8 heteroatoms. The van der Waals surface area contributed by atoms with E-state index < -0.39 is 11.0 Å². The molecule has 34 heavy (non-hydrogen) atoms. The molecular formula is C26H29N5O2S. The number of hydrogen-bond acceptors (Lipinski definition) is 7. The van der Waals surface area contributed by atoms with Crippen LogP contribution in [0.3, 0.4) is 0 Å². The molecule has 1 aromatic carbocycles. The average molecular weight is 476 g/mol. The number of hydrogen-bond donors (Lipinski definition) is 2. The summed E-state index contributed by atoms with van der Waals surface area (Å²) in [5.74, 6) is 1.76. The van der Waals surface area contributed by atoms with Crippen LogP contribution in [0.1, 0.15) is 51.2 Å². The number of nitrogens with zero attached hydrogens (tertiary/aromatic N) is 3. The molecule has 0 radical (unpaired) electrons. The van der Waals surface area contributed by atoms with Crippen LogP contribution in [0.2, 0.25) is 0 Å². The number of nitrogens with one attached hydrogen (secondary N) is 1. The van der Waals surface area contributed by atoms with Crippen LogP contribution in [0.4, 0.5) is 0 Å². The molecule has 3 heterocycles. The summed E-state index contributed by atoms with van der Waals surface area (Å²) < 4.78 is 6.51. The Bertz CT molecular complexity index is 1210. The summed E-state index contributed by atoms with van der Waals surface area (Å²) in [6, 6.07) is 10.2. The normalized spacial score (nSPS) is 27.7. The summed E-state index contributed by atoms with van der Waals surface area (Å²) in [6.07, 6.45) is 5.88. The first-order valence-corrected chi connectivity index (χ1v) is 12.6. The highest BCUT2D eigenvalue weighted by Gasteiger charge is 2.54. The van der Waals surface area contributed by atoms with Gasteiger partial charge in [-0.1, -0.05) is 38.6 Å². The molecule has 1 aliphatic carbocycles. The first-order valence-electron chi connectivity index (χ1n) is 11.7. The fourth-order valence-electron chi connectivity index (χ4n) is 5.26. The summed E-state index contributed by atoms with van der Waals surface area (Å²) in [7, 11) is 0. The Morgan fingerprint density at radius 1 is 1.26 bits per heavy atom. The molecule has 2 aromatic rings. The van der Waals surface area contributed by atoms with Gasteiger partial charge in [0.15, 0.2) is 5.17 Å². The Labute approximate surface area is 204 Å². The molecule has 2 aliphatic heterocycles. The molecule has 1 fully saturated rings. The molecule has 7 nitrogen and oxygen atoms in total. The highest BCUT2D eigenvalue weighted by atomic mass is 32.2. The fraction of sp³-hybridized carbons (Fsp3) is 0.462. The molecule has 3 N–H and O–H groups in total. The van der Waals surface area contributed by atoms with E-state index in [2.05, 4.69) is 22.4 Å². The van der Waals surface area contributed by atoms with Crippen molar-refractivity contribution in [3.8, 4) is 22.9 Å². The maximum atomic E-state index is 12.7. The van der Waals surface area contributed by atoms with Crippen LogP contribution in [-0.4, -0.2) is 34.0 Å². The minimum Gasteiger partial charge on any atom is -0.490 e. The van der Waals surface area contributed by atoms with E-state index in [0.717, 1.165) is 47.5 Å². The van der Waals surface area contributed by atoms with E-state index in [1.807, 2.05) is 39.0 Å². The van der Waals surface area contributed by atoms with Gasteiger partial charge in [-0.05, 0) is 43.0 Å². The number of nitrogens with two attached hydrogens (primary N) is 1. The molecule has 3 aliphatic rings. The van der Waals surface area contributed by atoms with Gasteiger partial charge in [-0.25, -0.2) is 4.99 Å². The molecule has 4 atom stereocenters. The van der Waals surface area contributed by atoms with E-state index in [1.165, 1.54) is 0 Å². The molecule has 1 amide bonds. The van der Waals surface area contributed by atoms with Gasteiger partial charge in [0, 0.05) is 46.6 Å². The Kier molecular flexibility index (Phi) is 5.56. The highest BCUT2D eigenvalue weighted by molar-refractivity contribution is 8.14. The number of rotatable bonds is 2. The van der Waals surface area contributed by atoms with E-state index in [0.29, 0.717) is 10.7 Å². The number of amidine groups is 1. The smallest absolute Gasteiger partial charge is 0.225 e. The summed E-state index contributed by atoms with van der Waals surface area (Å²) in [5, 5.41) is 13.1. The number of nitriles is 1. The van der Waals surface area contributed by atoms with Crippen molar-refractivity contribution in [1.29, 1.82) is 5.26 Å². The zero-order chi connectivity index (χ0) is 24.1. The number of ether oxygens (including phenoxy) is 1. The van der Waals surface area contributed by atoms with E-state index in [1.54, 1.807) is 24.2 Å². The first-order chi connectivity index (χ1) is 16.2. The highest BCUT2D eigenvalue weighted by Crippen LogP contribution is 2.54. The number of benzene rings is 1. The van der Waals surface area contributed by atoms with Crippen molar-refractivity contribution in [2.75, 3.05) is 5.75 Å². The number of pyridine rings is 1. The van der Waals surface area contributed by atoms with Gasteiger partial charge in [0.25, 0.3) is 0 Å². The van der Waals surface area contributed by atoms with E-state index in [-0.39, 0.29) is 24.0 Å². The molecule has 1 saturated carbocycles. The van der Waals surface area contributed by atoms with Crippen LogP contribution < -0.4 is 15.8 Å². The third kappa shape index (κ3) is 3.92. The third-order valence-electron chi connectivity index (χ3n) is 7.09.